The van der Waals surface area contributed by atoms with Gasteiger partial charge < -0.3 is 0 Å². The highest BCUT2D eigenvalue weighted by Gasteiger charge is 2.61. The molecule has 3 heteroatoms. The molecular weight excluding hydrogens is 631 g/mol. The lowest BCUT2D eigenvalue weighted by atomic mass is 9.43. The summed E-state index contributed by atoms with van der Waals surface area (Å²) in [6.07, 6.45) is 7.09. The summed E-state index contributed by atoms with van der Waals surface area (Å²) in [5.41, 5.74) is 13.9. The van der Waals surface area contributed by atoms with Crippen molar-refractivity contribution in [2.45, 2.75) is 37.5 Å². The average molecular weight is 670 g/mol. The first-order valence-electron chi connectivity index (χ1n) is 19.0. The molecule has 0 aliphatic heterocycles. The van der Waals surface area contributed by atoms with Gasteiger partial charge in [0.25, 0.3) is 0 Å². The minimum atomic E-state index is 0.187. The fraction of sp³-hybridized carbons (Fsp3) is 0.204. The molecule has 1 aromatic heterocycles. The Bertz CT molecular complexity index is 2460. The van der Waals surface area contributed by atoms with Crippen LogP contribution in [-0.4, -0.2) is 15.0 Å². The molecule has 12 rings (SSSR count). The summed E-state index contributed by atoms with van der Waals surface area (Å²) in [5, 5.41) is 0. The number of benzene rings is 6. The number of nitrogens with zero attached hydrogens (tertiary/aromatic N) is 3. The second-order valence-corrected chi connectivity index (χ2v) is 15.7. The normalized spacial score (nSPS) is 23.5. The van der Waals surface area contributed by atoms with E-state index in [2.05, 4.69) is 127 Å². The van der Waals surface area contributed by atoms with Crippen LogP contribution in [0.15, 0.2) is 152 Å². The van der Waals surface area contributed by atoms with Gasteiger partial charge in [0, 0.05) is 22.1 Å². The highest BCUT2D eigenvalue weighted by Crippen LogP contribution is 2.69. The molecule has 0 N–H and O–H groups in total. The zero-order valence-corrected chi connectivity index (χ0v) is 29.1. The number of rotatable bonds is 5. The molecule has 0 unspecified atom stereocenters. The molecule has 1 spiro atoms. The second kappa shape index (κ2) is 11.7. The van der Waals surface area contributed by atoms with Crippen LogP contribution in [-0.2, 0) is 5.41 Å². The van der Waals surface area contributed by atoms with Crippen LogP contribution in [0.5, 0.6) is 0 Å². The average Bonchev–Trinajstić information content (AvgIpc) is 3.50. The van der Waals surface area contributed by atoms with Crippen LogP contribution in [0.25, 0.3) is 67.5 Å². The summed E-state index contributed by atoms with van der Waals surface area (Å²) < 4.78 is 0. The van der Waals surface area contributed by atoms with Gasteiger partial charge in [-0.05, 0) is 118 Å². The van der Waals surface area contributed by atoms with Gasteiger partial charge in [0.15, 0.2) is 17.5 Å². The van der Waals surface area contributed by atoms with Crippen molar-refractivity contribution in [3.8, 4) is 67.5 Å². The zero-order chi connectivity index (χ0) is 34.2. The quantitative estimate of drug-likeness (QED) is 0.183. The molecular formula is C49H39N3. The van der Waals surface area contributed by atoms with Crippen LogP contribution in [0.1, 0.15) is 43.2 Å². The largest absolute Gasteiger partial charge is 0.208 e. The van der Waals surface area contributed by atoms with Gasteiger partial charge in [0.1, 0.15) is 0 Å². The third-order valence-electron chi connectivity index (χ3n) is 12.9. The molecule has 1 heterocycles. The smallest absolute Gasteiger partial charge is 0.164 e. The summed E-state index contributed by atoms with van der Waals surface area (Å²) in [7, 11) is 0. The Morgan fingerprint density at radius 3 is 1.44 bits per heavy atom. The van der Waals surface area contributed by atoms with E-state index in [1.807, 2.05) is 24.3 Å². The predicted octanol–water partition coefficient (Wildman–Crippen LogP) is 11.9. The highest BCUT2D eigenvalue weighted by molar-refractivity contribution is 5.86. The number of hydrogen-bond donors (Lipinski definition) is 0. The molecule has 4 fully saturated rings. The second-order valence-electron chi connectivity index (χ2n) is 15.7. The lowest BCUT2D eigenvalue weighted by Gasteiger charge is -2.61. The molecule has 0 radical (unpaired) electrons. The molecule has 5 aliphatic rings. The topological polar surface area (TPSA) is 38.7 Å². The monoisotopic (exact) mass is 669 g/mol. The van der Waals surface area contributed by atoms with Gasteiger partial charge in [0.05, 0.1) is 0 Å². The number of hydrogen-bond acceptors (Lipinski definition) is 3. The van der Waals surface area contributed by atoms with Crippen LogP contribution in [0.4, 0.5) is 0 Å². The van der Waals surface area contributed by atoms with Crippen LogP contribution in [0.2, 0.25) is 0 Å². The molecule has 5 aliphatic carbocycles. The van der Waals surface area contributed by atoms with Crippen molar-refractivity contribution in [1.82, 2.24) is 15.0 Å². The first-order valence-corrected chi connectivity index (χ1v) is 19.0. The molecule has 3 nitrogen and oxygen atoms in total. The molecule has 7 aromatic rings. The minimum absolute atomic E-state index is 0.187. The highest BCUT2D eigenvalue weighted by atomic mass is 15.0. The Morgan fingerprint density at radius 2 is 0.808 bits per heavy atom. The van der Waals surface area contributed by atoms with E-state index in [0.29, 0.717) is 17.5 Å². The van der Waals surface area contributed by atoms with Crippen LogP contribution >= 0.6 is 0 Å². The summed E-state index contributed by atoms with van der Waals surface area (Å²) in [6.45, 7) is 0. The lowest BCUT2D eigenvalue weighted by molar-refractivity contribution is -0.0399. The molecule has 4 saturated carbocycles. The Morgan fingerprint density at radius 1 is 0.346 bits per heavy atom. The van der Waals surface area contributed by atoms with E-state index in [-0.39, 0.29) is 5.41 Å². The van der Waals surface area contributed by atoms with E-state index in [1.54, 1.807) is 11.1 Å². The van der Waals surface area contributed by atoms with Crippen LogP contribution < -0.4 is 0 Å². The summed E-state index contributed by atoms with van der Waals surface area (Å²) in [4.78, 5) is 15.2. The SMILES string of the molecule is c1ccc(-c2cccc(-c3nc(-c4ccccc4)nc(-c4cccc(-c5ccc6c(c5)-c5ccccc5C65C6CC7CC(C6)CC5C7)c4)n3)c2)cc1. The van der Waals surface area contributed by atoms with Gasteiger partial charge in [-0.15, -0.1) is 0 Å². The van der Waals surface area contributed by atoms with Crippen molar-refractivity contribution in [2.24, 2.45) is 23.7 Å². The number of aromatic nitrogens is 3. The van der Waals surface area contributed by atoms with Gasteiger partial charge in [-0.2, -0.15) is 0 Å². The van der Waals surface area contributed by atoms with E-state index >= 15 is 0 Å². The van der Waals surface area contributed by atoms with Crippen LogP contribution in [0.3, 0.4) is 0 Å². The first kappa shape index (κ1) is 30.0. The minimum Gasteiger partial charge on any atom is -0.208 e. The van der Waals surface area contributed by atoms with Gasteiger partial charge in [-0.3, -0.25) is 0 Å². The van der Waals surface area contributed by atoms with Gasteiger partial charge in [-0.1, -0.05) is 133 Å². The van der Waals surface area contributed by atoms with Gasteiger partial charge in [0.2, 0.25) is 0 Å². The molecule has 0 atom stereocenters. The summed E-state index contributed by atoms with van der Waals surface area (Å²) >= 11 is 0. The predicted molar refractivity (Wildman–Crippen MR) is 210 cm³/mol. The third-order valence-corrected chi connectivity index (χ3v) is 12.9. The van der Waals surface area contributed by atoms with Gasteiger partial charge >= 0.3 is 0 Å². The van der Waals surface area contributed by atoms with Crippen molar-refractivity contribution in [1.29, 1.82) is 0 Å². The molecule has 6 aromatic carbocycles. The van der Waals surface area contributed by atoms with E-state index in [9.17, 15) is 0 Å². The van der Waals surface area contributed by atoms with E-state index in [1.165, 1.54) is 59.9 Å². The van der Waals surface area contributed by atoms with Gasteiger partial charge in [-0.25, -0.2) is 15.0 Å². The molecule has 0 saturated heterocycles. The molecule has 250 valence electrons. The fourth-order valence-electron chi connectivity index (χ4n) is 11.0. The van der Waals surface area contributed by atoms with E-state index in [0.717, 1.165) is 45.9 Å². The third kappa shape index (κ3) is 4.61. The summed E-state index contributed by atoms with van der Waals surface area (Å²) in [6, 6.07) is 54.7. The Labute approximate surface area is 305 Å². The van der Waals surface area contributed by atoms with Crippen molar-refractivity contribution in [2.75, 3.05) is 0 Å². The zero-order valence-electron chi connectivity index (χ0n) is 29.1. The number of fused-ring (bicyclic) bond motifs is 3. The fourth-order valence-corrected chi connectivity index (χ4v) is 11.0. The Hall–Kier alpha value is -5.67. The molecule has 0 amide bonds. The maximum atomic E-state index is 5.13. The Kier molecular flexibility index (Phi) is 6.74. The molecule has 52 heavy (non-hydrogen) atoms. The van der Waals surface area contributed by atoms with Crippen LogP contribution in [0, 0.1) is 23.7 Å². The summed E-state index contributed by atoms with van der Waals surface area (Å²) in [5.74, 6) is 5.44. The lowest BCUT2D eigenvalue weighted by Crippen LogP contribution is -2.55. The van der Waals surface area contributed by atoms with Crippen molar-refractivity contribution in [3.63, 3.8) is 0 Å². The Balaban J connectivity index is 1.01. The first-order chi connectivity index (χ1) is 25.7. The van der Waals surface area contributed by atoms with E-state index in [4.69, 9.17) is 15.0 Å². The van der Waals surface area contributed by atoms with E-state index < -0.39 is 0 Å². The maximum Gasteiger partial charge on any atom is 0.164 e. The van der Waals surface area contributed by atoms with Crippen molar-refractivity contribution >= 4 is 0 Å². The maximum absolute atomic E-state index is 5.13. The molecule has 4 bridgehead atoms. The standard InChI is InChI=1S/C49H39N3/c1-3-11-33(12-4-1)35-15-9-17-38(28-35)47-50-46(34-13-5-2-6-14-34)51-48(52-47)39-18-10-16-36(29-39)37-21-22-45-43(30-37)42-19-7-8-20-44(42)49(45)40-24-31-23-32(26-40)27-41(49)25-31/h1-22,28-32,40-41H,23-27H2. The van der Waals surface area contributed by atoms with Crippen molar-refractivity contribution in [3.05, 3.63) is 163 Å². The van der Waals surface area contributed by atoms with Crippen molar-refractivity contribution < 1.29 is 0 Å².